The Morgan fingerprint density at radius 2 is 2.00 bits per heavy atom. The van der Waals surface area contributed by atoms with Crippen molar-refractivity contribution in [3.05, 3.63) is 30.1 Å². The second-order valence-corrected chi connectivity index (χ2v) is 4.76. The minimum Gasteiger partial charge on any atom is -0.264 e. The van der Waals surface area contributed by atoms with Crippen molar-refractivity contribution in [3.8, 4) is 0 Å². The maximum Gasteiger partial charge on any atom is 0.0305 e. The van der Waals surface area contributed by atoms with Crippen LogP contribution in [0.2, 0.25) is 0 Å². The van der Waals surface area contributed by atoms with Gasteiger partial charge in [-0.2, -0.15) is 0 Å². The van der Waals surface area contributed by atoms with Gasteiger partial charge in [0.2, 0.25) is 0 Å². The predicted molar refractivity (Wildman–Crippen MR) is 59.2 cm³/mol. The molecule has 14 heavy (non-hydrogen) atoms. The smallest absolute Gasteiger partial charge is 0.0305 e. The van der Waals surface area contributed by atoms with Crippen LogP contribution in [0.3, 0.4) is 0 Å². The largest absolute Gasteiger partial charge is 0.264 e. The number of rotatable bonds is 2. The zero-order chi connectivity index (χ0) is 10.0. The van der Waals surface area contributed by atoms with Gasteiger partial charge >= 0.3 is 0 Å². The standard InChI is InChI=1S/C13H19N/c1-11(2)13(7-3-4-8-13)12-6-5-9-14-10-12/h5-6,9-11H,3-4,7-8H2,1-2H3. The van der Waals surface area contributed by atoms with Crippen LogP contribution in [-0.2, 0) is 5.41 Å². The van der Waals surface area contributed by atoms with Crippen molar-refractivity contribution in [2.24, 2.45) is 5.92 Å². The van der Waals surface area contributed by atoms with Crippen molar-refractivity contribution in [2.75, 3.05) is 0 Å². The molecule has 0 saturated heterocycles. The molecule has 1 saturated carbocycles. The fourth-order valence-electron chi connectivity index (χ4n) is 2.86. The van der Waals surface area contributed by atoms with Gasteiger partial charge in [-0.05, 0) is 35.8 Å². The number of aromatic nitrogens is 1. The molecule has 2 rings (SSSR count). The highest BCUT2D eigenvalue weighted by Gasteiger charge is 2.38. The topological polar surface area (TPSA) is 12.9 Å². The molecule has 0 spiro atoms. The Hall–Kier alpha value is -0.850. The van der Waals surface area contributed by atoms with E-state index in [-0.39, 0.29) is 0 Å². The molecule has 1 nitrogen and oxygen atoms in total. The van der Waals surface area contributed by atoms with Gasteiger partial charge in [-0.15, -0.1) is 0 Å². The lowest BCUT2D eigenvalue weighted by Crippen LogP contribution is -2.28. The van der Waals surface area contributed by atoms with Crippen LogP contribution in [0.25, 0.3) is 0 Å². The molecule has 1 aliphatic rings. The van der Waals surface area contributed by atoms with Gasteiger partial charge in [-0.1, -0.05) is 32.8 Å². The summed E-state index contributed by atoms with van der Waals surface area (Å²) in [6.45, 7) is 4.69. The molecule has 1 fully saturated rings. The summed E-state index contributed by atoms with van der Waals surface area (Å²) in [5.74, 6) is 0.731. The van der Waals surface area contributed by atoms with Crippen LogP contribution in [-0.4, -0.2) is 4.98 Å². The zero-order valence-corrected chi connectivity index (χ0v) is 9.16. The number of nitrogens with zero attached hydrogens (tertiary/aromatic N) is 1. The van der Waals surface area contributed by atoms with E-state index in [4.69, 9.17) is 0 Å². The summed E-state index contributed by atoms with van der Waals surface area (Å²) in [5.41, 5.74) is 1.88. The normalized spacial score (nSPS) is 20.2. The molecule has 1 aromatic heterocycles. The highest BCUT2D eigenvalue weighted by molar-refractivity contribution is 5.24. The van der Waals surface area contributed by atoms with Crippen molar-refractivity contribution in [1.82, 2.24) is 4.98 Å². The maximum atomic E-state index is 4.26. The van der Waals surface area contributed by atoms with Crippen LogP contribution < -0.4 is 0 Å². The van der Waals surface area contributed by atoms with E-state index in [1.165, 1.54) is 31.2 Å². The molecule has 1 heterocycles. The van der Waals surface area contributed by atoms with E-state index in [2.05, 4.69) is 37.2 Å². The molecule has 0 aliphatic heterocycles. The van der Waals surface area contributed by atoms with Crippen molar-refractivity contribution in [1.29, 1.82) is 0 Å². The molecule has 0 amide bonds. The summed E-state index contributed by atoms with van der Waals surface area (Å²) in [6, 6.07) is 4.32. The minimum atomic E-state index is 0.425. The molecule has 0 N–H and O–H groups in total. The summed E-state index contributed by atoms with van der Waals surface area (Å²) >= 11 is 0. The summed E-state index contributed by atoms with van der Waals surface area (Å²) in [5, 5.41) is 0. The van der Waals surface area contributed by atoms with Gasteiger partial charge < -0.3 is 0 Å². The summed E-state index contributed by atoms with van der Waals surface area (Å²) < 4.78 is 0. The third-order valence-corrected chi connectivity index (χ3v) is 3.84. The minimum absolute atomic E-state index is 0.425. The third kappa shape index (κ3) is 1.45. The quantitative estimate of drug-likeness (QED) is 0.693. The molecule has 0 bridgehead atoms. The number of pyridine rings is 1. The average Bonchev–Trinajstić information content (AvgIpc) is 2.69. The van der Waals surface area contributed by atoms with Gasteiger partial charge in [0.25, 0.3) is 0 Å². The van der Waals surface area contributed by atoms with E-state index >= 15 is 0 Å². The SMILES string of the molecule is CC(C)C1(c2cccnc2)CCCC1. The second kappa shape index (κ2) is 3.72. The van der Waals surface area contributed by atoms with Crippen LogP contribution >= 0.6 is 0 Å². The molecule has 1 aromatic rings. The van der Waals surface area contributed by atoms with Crippen LogP contribution in [0.4, 0.5) is 0 Å². The van der Waals surface area contributed by atoms with E-state index in [1.807, 2.05) is 6.20 Å². The van der Waals surface area contributed by atoms with E-state index < -0.39 is 0 Å². The first-order valence-corrected chi connectivity index (χ1v) is 5.66. The fourth-order valence-corrected chi connectivity index (χ4v) is 2.86. The van der Waals surface area contributed by atoms with Crippen molar-refractivity contribution >= 4 is 0 Å². The first-order chi connectivity index (χ1) is 6.76. The number of hydrogen-bond acceptors (Lipinski definition) is 1. The Bertz CT molecular complexity index is 283. The number of hydrogen-bond donors (Lipinski definition) is 0. The first kappa shape index (κ1) is 9.70. The summed E-state index contributed by atoms with van der Waals surface area (Å²) in [7, 11) is 0. The van der Waals surface area contributed by atoms with Crippen LogP contribution in [0.5, 0.6) is 0 Å². The van der Waals surface area contributed by atoms with E-state index in [0.29, 0.717) is 5.41 Å². The van der Waals surface area contributed by atoms with Gasteiger partial charge in [-0.25, -0.2) is 0 Å². The van der Waals surface area contributed by atoms with E-state index in [0.717, 1.165) is 5.92 Å². The molecule has 1 aliphatic carbocycles. The van der Waals surface area contributed by atoms with Crippen LogP contribution in [0, 0.1) is 5.92 Å². The summed E-state index contributed by atoms with van der Waals surface area (Å²) in [6.07, 6.45) is 9.38. The Kier molecular flexibility index (Phi) is 2.58. The Labute approximate surface area is 86.6 Å². The molecule has 0 unspecified atom stereocenters. The Morgan fingerprint density at radius 3 is 2.50 bits per heavy atom. The average molecular weight is 189 g/mol. The molecule has 76 valence electrons. The lowest BCUT2D eigenvalue weighted by atomic mass is 9.71. The van der Waals surface area contributed by atoms with Crippen molar-refractivity contribution in [3.63, 3.8) is 0 Å². The fraction of sp³-hybridized carbons (Fsp3) is 0.615. The molecule has 0 atom stereocenters. The zero-order valence-electron chi connectivity index (χ0n) is 9.16. The maximum absolute atomic E-state index is 4.26. The van der Waals surface area contributed by atoms with Gasteiger partial charge in [0.05, 0.1) is 0 Å². The van der Waals surface area contributed by atoms with Gasteiger partial charge in [0, 0.05) is 12.4 Å². The molecule has 0 aromatic carbocycles. The van der Waals surface area contributed by atoms with Crippen molar-refractivity contribution < 1.29 is 0 Å². The lowest BCUT2D eigenvalue weighted by molar-refractivity contribution is 0.314. The van der Waals surface area contributed by atoms with Gasteiger partial charge in [0.1, 0.15) is 0 Å². The molecular weight excluding hydrogens is 170 g/mol. The molecule has 1 heteroatoms. The summed E-state index contributed by atoms with van der Waals surface area (Å²) in [4.78, 5) is 4.26. The Balaban J connectivity index is 2.36. The molecule has 0 radical (unpaired) electrons. The van der Waals surface area contributed by atoms with E-state index in [9.17, 15) is 0 Å². The Morgan fingerprint density at radius 1 is 1.29 bits per heavy atom. The monoisotopic (exact) mass is 189 g/mol. The van der Waals surface area contributed by atoms with Crippen LogP contribution in [0.1, 0.15) is 45.1 Å². The van der Waals surface area contributed by atoms with Crippen LogP contribution in [0.15, 0.2) is 24.5 Å². The first-order valence-electron chi connectivity index (χ1n) is 5.66. The third-order valence-electron chi connectivity index (χ3n) is 3.84. The predicted octanol–water partition coefficient (Wildman–Crippen LogP) is 3.55. The van der Waals surface area contributed by atoms with Gasteiger partial charge in [-0.3, -0.25) is 4.98 Å². The van der Waals surface area contributed by atoms with E-state index in [1.54, 1.807) is 0 Å². The second-order valence-electron chi connectivity index (χ2n) is 4.76. The lowest BCUT2D eigenvalue weighted by Gasteiger charge is -2.33. The highest BCUT2D eigenvalue weighted by Crippen LogP contribution is 2.46. The highest BCUT2D eigenvalue weighted by atomic mass is 14.6. The molecular formula is C13H19N. The van der Waals surface area contributed by atoms with Crippen molar-refractivity contribution in [2.45, 2.75) is 44.9 Å². The van der Waals surface area contributed by atoms with Gasteiger partial charge in [0.15, 0.2) is 0 Å².